The van der Waals surface area contributed by atoms with E-state index >= 15 is 0 Å². The van der Waals surface area contributed by atoms with E-state index in [9.17, 15) is 14.3 Å². The van der Waals surface area contributed by atoms with Gasteiger partial charge in [0.15, 0.2) is 17.2 Å². The molecular formula is C28H26FNO5. The van der Waals surface area contributed by atoms with Crippen molar-refractivity contribution in [1.29, 1.82) is 0 Å². The number of carbonyl (C=O) groups excluding carboxylic acids is 1. The summed E-state index contributed by atoms with van der Waals surface area (Å²) in [4.78, 5) is 18.0. The highest BCUT2D eigenvalue weighted by molar-refractivity contribution is 6.04. The maximum absolute atomic E-state index is 14.1. The number of phenolic OH excluding ortho intramolecular Hbond substituents is 1. The Morgan fingerprint density at radius 2 is 1.69 bits per heavy atom. The molecule has 180 valence electrons. The summed E-state index contributed by atoms with van der Waals surface area (Å²) in [6, 6.07) is 17.0. The van der Waals surface area contributed by atoms with E-state index in [1.54, 1.807) is 42.5 Å². The lowest BCUT2D eigenvalue weighted by atomic mass is 10.00. The van der Waals surface area contributed by atoms with Gasteiger partial charge in [-0.05, 0) is 83.2 Å². The molecule has 0 heterocycles. The van der Waals surface area contributed by atoms with Gasteiger partial charge in [-0.2, -0.15) is 5.48 Å². The van der Waals surface area contributed by atoms with Gasteiger partial charge in [0.05, 0.1) is 20.6 Å². The second-order valence-corrected chi connectivity index (χ2v) is 8.08. The molecule has 0 saturated heterocycles. The van der Waals surface area contributed by atoms with Crippen molar-refractivity contribution in [3.8, 4) is 23.0 Å². The number of rotatable bonds is 8. The Kier molecular flexibility index (Phi) is 7.06. The zero-order valence-corrected chi connectivity index (χ0v) is 19.7. The molecule has 0 radical (unpaired) electrons. The number of hydrogen-bond acceptors (Lipinski definition) is 5. The fourth-order valence-corrected chi connectivity index (χ4v) is 4.15. The number of hydrogen-bond donors (Lipinski definition) is 2. The van der Waals surface area contributed by atoms with Gasteiger partial charge in [-0.15, -0.1) is 0 Å². The number of halogens is 1. The molecule has 35 heavy (non-hydrogen) atoms. The summed E-state index contributed by atoms with van der Waals surface area (Å²) in [6.45, 7) is 1.92. The van der Waals surface area contributed by atoms with Crippen molar-refractivity contribution in [2.45, 2.75) is 19.8 Å². The average molecular weight is 476 g/mol. The van der Waals surface area contributed by atoms with Crippen LogP contribution in [-0.4, -0.2) is 25.2 Å². The molecule has 7 heteroatoms. The highest BCUT2D eigenvalue weighted by Crippen LogP contribution is 2.43. The molecule has 0 bridgehead atoms. The summed E-state index contributed by atoms with van der Waals surface area (Å²) < 4.78 is 24.6. The average Bonchev–Trinajstić information content (AvgIpc) is 3.12. The Hall–Kier alpha value is -4.26. The van der Waals surface area contributed by atoms with Gasteiger partial charge >= 0.3 is 0 Å². The molecule has 0 atom stereocenters. The van der Waals surface area contributed by atoms with E-state index in [4.69, 9.17) is 14.3 Å². The smallest absolute Gasteiger partial charge is 0.257 e. The number of fused-ring (bicyclic) bond motifs is 1. The van der Waals surface area contributed by atoms with Crippen LogP contribution >= 0.6 is 0 Å². The van der Waals surface area contributed by atoms with E-state index in [-0.39, 0.29) is 23.9 Å². The first-order valence-electron chi connectivity index (χ1n) is 11.1. The Labute approximate surface area is 203 Å². The van der Waals surface area contributed by atoms with Gasteiger partial charge < -0.3 is 19.4 Å². The third-order valence-electron chi connectivity index (χ3n) is 5.90. The molecule has 0 fully saturated rings. The summed E-state index contributed by atoms with van der Waals surface area (Å²) in [5.41, 5.74) is 7.40. The van der Waals surface area contributed by atoms with Crippen LogP contribution in [0.2, 0.25) is 0 Å². The van der Waals surface area contributed by atoms with Crippen LogP contribution in [0.25, 0.3) is 11.1 Å². The van der Waals surface area contributed by atoms with Crippen molar-refractivity contribution in [3.05, 3.63) is 94.8 Å². The predicted molar refractivity (Wildman–Crippen MR) is 132 cm³/mol. The lowest BCUT2D eigenvalue weighted by molar-refractivity contribution is -0.126. The SMILES string of the molecule is COc1cc(C/C=C2/C(C)=C(CC(=O)NOc3ccccc3)c3cc(F)ccc32)cc(OC)c1O. The second kappa shape index (κ2) is 10.3. The van der Waals surface area contributed by atoms with E-state index in [1.165, 1.54) is 26.4 Å². The van der Waals surface area contributed by atoms with Crippen molar-refractivity contribution < 1.29 is 28.6 Å². The van der Waals surface area contributed by atoms with Crippen molar-refractivity contribution in [3.63, 3.8) is 0 Å². The van der Waals surface area contributed by atoms with Gasteiger partial charge in [-0.3, -0.25) is 4.79 Å². The van der Waals surface area contributed by atoms with Crippen molar-refractivity contribution in [2.24, 2.45) is 0 Å². The lowest BCUT2D eigenvalue weighted by Gasteiger charge is -2.11. The monoisotopic (exact) mass is 475 g/mol. The Bertz CT molecular complexity index is 1290. The minimum atomic E-state index is -0.371. The minimum Gasteiger partial charge on any atom is -0.502 e. The molecule has 3 aromatic carbocycles. The number of ether oxygens (including phenoxy) is 2. The summed E-state index contributed by atoms with van der Waals surface area (Å²) in [7, 11) is 2.95. The Morgan fingerprint density at radius 1 is 1.00 bits per heavy atom. The highest BCUT2D eigenvalue weighted by atomic mass is 19.1. The summed E-state index contributed by atoms with van der Waals surface area (Å²) in [5, 5.41) is 10.2. The van der Waals surface area contributed by atoms with E-state index < -0.39 is 0 Å². The Morgan fingerprint density at radius 3 is 2.34 bits per heavy atom. The first-order valence-corrected chi connectivity index (χ1v) is 11.1. The molecule has 4 rings (SSSR count). The zero-order valence-electron chi connectivity index (χ0n) is 19.7. The normalized spacial score (nSPS) is 13.5. The number of amides is 1. The molecule has 3 aromatic rings. The predicted octanol–water partition coefficient (Wildman–Crippen LogP) is 5.46. The maximum atomic E-state index is 14.1. The van der Waals surface area contributed by atoms with Gasteiger partial charge in [0.1, 0.15) is 5.82 Å². The summed E-state index contributed by atoms with van der Waals surface area (Å²) in [5.74, 6) is 0.376. The third kappa shape index (κ3) is 5.14. The molecule has 2 N–H and O–H groups in total. The number of nitrogens with one attached hydrogen (secondary N) is 1. The van der Waals surface area contributed by atoms with Crippen molar-refractivity contribution in [1.82, 2.24) is 5.48 Å². The van der Waals surface area contributed by atoms with E-state index in [0.717, 1.165) is 27.8 Å². The van der Waals surface area contributed by atoms with Gasteiger partial charge in [0.2, 0.25) is 5.75 Å². The number of methoxy groups -OCH3 is 2. The molecule has 0 unspecified atom stereocenters. The molecule has 1 aliphatic rings. The van der Waals surface area contributed by atoms with Crippen LogP contribution in [0.1, 0.15) is 30.0 Å². The fraction of sp³-hybridized carbons (Fsp3) is 0.179. The molecule has 1 amide bonds. The van der Waals surface area contributed by atoms with E-state index in [0.29, 0.717) is 29.2 Å². The van der Waals surface area contributed by atoms with Gasteiger partial charge in [0.25, 0.3) is 5.91 Å². The molecule has 1 aliphatic carbocycles. The van der Waals surface area contributed by atoms with Crippen LogP contribution in [0.5, 0.6) is 23.0 Å². The maximum Gasteiger partial charge on any atom is 0.257 e. The first-order chi connectivity index (χ1) is 16.9. The number of allylic oxidation sites excluding steroid dienone is 3. The van der Waals surface area contributed by atoms with Gasteiger partial charge in [0, 0.05) is 0 Å². The summed E-state index contributed by atoms with van der Waals surface area (Å²) >= 11 is 0. The number of carbonyl (C=O) groups is 1. The van der Waals surface area contributed by atoms with Crippen LogP contribution in [-0.2, 0) is 11.2 Å². The number of para-hydroxylation sites is 1. The zero-order chi connectivity index (χ0) is 24.9. The number of aromatic hydroxyl groups is 1. The van der Waals surface area contributed by atoms with Crippen molar-refractivity contribution in [2.75, 3.05) is 14.2 Å². The largest absolute Gasteiger partial charge is 0.502 e. The topological polar surface area (TPSA) is 77.0 Å². The lowest BCUT2D eigenvalue weighted by Crippen LogP contribution is -2.26. The fourth-order valence-electron chi connectivity index (χ4n) is 4.15. The van der Waals surface area contributed by atoms with Crippen LogP contribution in [0.4, 0.5) is 4.39 Å². The molecule has 0 spiro atoms. The van der Waals surface area contributed by atoms with Crippen LogP contribution in [0.3, 0.4) is 0 Å². The Balaban J connectivity index is 1.60. The van der Waals surface area contributed by atoms with Crippen LogP contribution in [0, 0.1) is 5.82 Å². The highest BCUT2D eigenvalue weighted by Gasteiger charge is 2.26. The first kappa shape index (κ1) is 23.9. The second-order valence-electron chi connectivity index (χ2n) is 8.08. The number of benzene rings is 3. The number of hydroxylamine groups is 1. The van der Waals surface area contributed by atoms with Crippen molar-refractivity contribution >= 4 is 17.1 Å². The molecular weight excluding hydrogens is 449 g/mol. The van der Waals surface area contributed by atoms with Crippen LogP contribution < -0.4 is 19.8 Å². The quantitative estimate of drug-likeness (QED) is 0.423. The van der Waals surface area contributed by atoms with E-state index in [2.05, 4.69) is 5.48 Å². The molecule has 0 saturated carbocycles. The molecule has 0 aliphatic heterocycles. The number of phenols is 1. The standard InChI is InChI=1S/C28H26FNO5/c1-17-21(11-9-18-13-25(33-2)28(32)26(14-18)34-3)22-12-10-19(29)15-24(22)23(17)16-27(31)30-35-20-7-5-4-6-8-20/h4-8,10-15,32H,9,16H2,1-3H3,(H,30,31)/b21-11-. The minimum absolute atomic E-state index is 0.0350. The van der Waals surface area contributed by atoms with E-state index in [1.807, 2.05) is 19.1 Å². The summed E-state index contributed by atoms with van der Waals surface area (Å²) in [6.07, 6.45) is 2.56. The molecule has 0 aromatic heterocycles. The van der Waals surface area contributed by atoms with Gasteiger partial charge in [-0.1, -0.05) is 30.3 Å². The van der Waals surface area contributed by atoms with Gasteiger partial charge in [-0.25, -0.2) is 4.39 Å². The third-order valence-corrected chi connectivity index (χ3v) is 5.90. The molecule has 6 nitrogen and oxygen atoms in total. The van der Waals surface area contributed by atoms with Crippen LogP contribution in [0.15, 0.2) is 72.3 Å².